The van der Waals surface area contributed by atoms with Crippen molar-refractivity contribution in [3.63, 3.8) is 0 Å². The third-order valence-electron chi connectivity index (χ3n) is 8.27. The zero-order chi connectivity index (χ0) is 29.9. The summed E-state index contributed by atoms with van der Waals surface area (Å²) < 4.78 is 47.8. The lowest BCUT2D eigenvalue weighted by Crippen LogP contribution is -2.58. The number of hydrogen-bond donors (Lipinski definition) is 1. The lowest BCUT2D eigenvalue weighted by molar-refractivity contribution is -0.150. The number of halogens is 2. The molecule has 0 bridgehead atoms. The number of pyridine rings is 2. The summed E-state index contributed by atoms with van der Waals surface area (Å²) in [6.45, 7) is 5.17. The summed E-state index contributed by atoms with van der Waals surface area (Å²) in [6, 6.07) is 1.68. The second-order valence-corrected chi connectivity index (χ2v) is 12.1. The summed E-state index contributed by atoms with van der Waals surface area (Å²) in [6.07, 6.45) is 0.502. The van der Waals surface area contributed by atoms with Gasteiger partial charge in [0.25, 0.3) is 0 Å². The van der Waals surface area contributed by atoms with Crippen LogP contribution in [-0.4, -0.2) is 62.7 Å². The fourth-order valence-corrected chi connectivity index (χ4v) is 6.52. The Balaban J connectivity index is 1.37. The van der Waals surface area contributed by atoms with Crippen molar-refractivity contribution in [2.45, 2.75) is 103 Å². The van der Waals surface area contributed by atoms with Crippen molar-refractivity contribution in [2.75, 3.05) is 12.3 Å². The average Bonchev–Trinajstić information content (AvgIpc) is 3.32. The molecule has 1 fully saturated rings. The molecular formula is C29H35F2N5O6. The van der Waals surface area contributed by atoms with Crippen LogP contribution in [0.25, 0.3) is 0 Å². The molecule has 1 saturated heterocycles. The first-order chi connectivity index (χ1) is 19.9. The van der Waals surface area contributed by atoms with E-state index in [-0.39, 0.29) is 43.6 Å². The van der Waals surface area contributed by atoms with Crippen LogP contribution in [0.2, 0.25) is 0 Å². The van der Waals surface area contributed by atoms with E-state index in [1.165, 1.54) is 11.0 Å². The van der Waals surface area contributed by atoms with Gasteiger partial charge < -0.3 is 29.6 Å². The van der Waals surface area contributed by atoms with Crippen LogP contribution < -0.4 is 10.5 Å². The van der Waals surface area contributed by atoms with E-state index in [0.717, 1.165) is 28.7 Å². The van der Waals surface area contributed by atoms with Crippen molar-refractivity contribution in [1.29, 1.82) is 0 Å². The van der Waals surface area contributed by atoms with E-state index in [2.05, 4.69) is 14.7 Å². The molecule has 42 heavy (non-hydrogen) atoms. The minimum atomic E-state index is -3.01. The predicted octanol–water partition coefficient (Wildman–Crippen LogP) is 4.18. The number of carbonyl (C=O) groups is 2. The van der Waals surface area contributed by atoms with Crippen molar-refractivity contribution >= 4 is 17.8 Å². The standard InChI is InChI=1S/C29H35F2N5O6/c1-14-23-17(12-39-14)16-10-20(36(11-18(16)34-25(23)32)28(38)42-29(2,3)4)26(37)35-9-5-6-21-24(35)15-7-8-22(41-27(30)31)33-19(15)13-40-21/h7-8,14,20-21,24,27H,5-6,9-13H2,1-4H3,(H2,32,34)/t14-,20-,21+,24+/m1/s1. The van der Waals surface area contributed by atoms with Gasteiger partial charge >= 0.3 is 12.7 Å². The zero-order valence-electron chi connectivity index (χ0n) is 24.1. The zero-order valence-corrected chi connectivity index (χ0v) is 24.1. The number of nitrogens with zero attached hydrogens (tertiary/aromatic N) is 4. The molecule has 0 radical (unpaired) electrons. The Morgan fingerprint density at radius 2 is 1.88 bits per heavy atom. The molecule has 0 aliphatic carbocycles. The fraction of sp³-hybridized carbons (Fsp3) is 0.586. The molecule has 2 aromatic heterocycles. The number of ether oxygens (including phenoxy) is 4. The minimum absolute atomic E-state index is 0.0530. The molecular weight excluding hydrogens is 552 g/mol. The van der Waals surface area contributed by atoms with Crippen LogP contribution in [0.3, 0.4) is 0 Å². The highest BCUT2D eigenvalue weighted by molar-refractivity contribution is 5.87. The van der Waals surface area contributed by atoms with Crippen LogP contribution in [0.1, 0.15) is 86.3 Å². The van der Waals surface area contributed by atoms with Gasteiger partial charge in [-0.15, -0.1) is 0 Å². The lowest BCUT2D eigenvalue weighted by atomic mass is 9.86. The van der Waals surface area contributed by atoms with E-state index in [1.54, 1.807) is 31.7 Å². The van der Waals surface area contributed by atoms with Crippen LogP contribution in [0.4, 0.5) is 19.4 Å². The van der Waals surface area contributed by atoms with Gasteiger partial charge in [-0.05, 0) is 57.7 Å². The largest absolute Gasteiger partial charge is 0.444 e. The van der Waals surface area contributed by atoms with Crippen molar-refractivity contribution in [3.05, 3.63) is 45.8 Å². The highest BCUT2D eigenvalue weighted by Gasteiger charge is 2.47. The normalized spacial score (nSPS) is 24.9. The van der Waals surface area contributed by atoms with Crippen molar-refractivity contribution in [2.24, 2.45) is 0 Å². The molecule has 4 atom stereocenters. The monoisotopic (exact) mass is 587 g/mol. The van der Waals surface area contributed by atoms with Gasteiger partial charge in [-0.3, -0.25) is 9.69 Å². The Morgan fingerprint density at radius 3 is 2.62 bits per heavy atom. The first-order valence-electron chi connectivity index (χ1n) is 14.2. The molecule has 6 heterocycles. The van der Waals surface area contributed by atoms with Gasteiger partial charge in [-0.1, -0.05) is 0 Å². The molecule has 0 spiro atoms. The van der Waals surface area contributed by atoms with Crippen LogP contribution >= 0.6 is 0 Å². The maximum absolute atomic E-state index is 14.6. The third-order valence-corrected chi connectivity index (χ3v) is 8.27. The topological polar surface area (TPSA) is 129 Å². The van der Waals surface area contributed by atoms with Crippen LogP contribution in [0, 0.1) is 0 Å². The summed E-state index contributed by atoms with van der Waals surface area (Å²) in [5.74, 6) is -0.111. The van der Waals surface area contributed by atoms with E-state index in [1.807, 2.05) is 6.92 Å². The summed E-state index contributed by atoms with van der Waals surface area (Å²) in [7, 11) is 0. The van der Waals surface area contributed by atoms with Crippen LogP contribution in [-0.2, 0) is 45.2 Å². The molecule has 0 aromatic carbocycles. The fourth-order valence-electron chi connectivity index (χ4n) is 6.52. The summed E-state index contributed by atoms with van der Waals surface area (Å²) in [5.41, 5.74) is 9.92. The van der Waals surface area contributed by atoms with Gasteiger partial charge in [0.05, 0.1) is 49.4 Å². The van der Waals surface area contributed by atoms with Gasteiger partial charge in [-0.25, -0.2) is 14.8 Å². The predicted molar refractivity (Wildman–Crippen MR) is 144 cm³/mol. The van der Waals surface area contributed by atoms with E-state index in [0.29, 0.717) is 36.8 Å². The molecule has 11 nitrogen and oxygen atoms in total. The van der Waals surface area contributed by atoms with Crippen LogP contribution in [0.5, 0.6) is 5.88 Å². The number of rotatable bonds is 3. The number of anilines is 1. The average molecular weight is 588 g/mol. The first kappa shape index (κ1) is 28.5. The number of alkyl halides is 2. The van der Waals surface area contributed by atoms with Gasteiger partial charge in [-0.2, -0.15) is 8.78 Å². The lowest BCUT2D eigenvalue weighted by Gasteiger charge is -2.47. The van der Waals surface area contributed by atoms with Crippen molar-refractivity contribution in [3.8, 4) is 5.88 Å². The molecule has 13 heteroatoms. The van der Waals surface area contributed by atoms with Crippen molar-refractivity contribution < 1.29 is 37.3 Å². The molecule has 2 aromatic rings. The smallest absolute Gasteiger partial charge is 0.411 e. The molecule has 0 saturated carbocycles. The minimum Gasteiger partial charge on any atom is -0.444 e. The summed E-state index contributed by atoms with van der Waals surface area (Å²) in [4.78, 5) is 40.1. The van der Waals surface area contributed by atoms with E-state index < -0.39 is 30.4 Å². The Bertz CT molecular complexity index is 1420. The number of piperidine rings is 1. The Morgan fingerprint density at radius 1 is 1.10 bits per heavy atom. The quantitative estimate of drug-likeness (QED) is 0.562. The second-order valence-electron chi connectivity index (χ2n) is 12.1. The number of carbonyl (C=O) groups excluding carboxylic acids is 2. The second kappa shape index (κ2) is 10.6. The van der Waals surface area contributed by atoms with Gasteiger partial charge in [0.2, 0.25) is 11.8 Å². The first-order valence-corrected chi connectivity index (χ1v) is 14.2. The van der Waals surface area contributed by atoms with Gasteiger partial charge in [0, 0.05) is 30.2 Å². The third kappa shape index (κ3) is 5.13. The van der Waals surface area contributed by atoms with E-state index in [9.17, 15) is 18.4 Å². The van der Waals surface area contributed by atoms with Gasteiger partial charge in [0.1, 0.15) is 17.5 Å². The van der Waals surface area contributed by atoms with Crippen LogP contribution in [0.15, 0.2) is 12.1 Å². The molecule has 2 amide bonds. The Hall–Kier alpha value is -3.58. The number of amides is 2. The molecule has 4 aliphatic rings. The molecule has 4 aliphatic heterocycles. The molecule has 226 valence electrons. The Kier molecular flexibility index (Phi) is 7.20. The number of likely N-dealkylation sites (tertiary alicyclic amines) is 1. The number of hydrogen-bond acceptors (Lipinski definition) is 9. The SMILES string of the molecule is C[C@H]1OCc2c3c(nc(N)c21)CN(C(=O)OC(C)(C)C)[C@@H](C(=O)N1CCC[C@@H]2OCc4nc(OC(F)F)ccc4[C@@H]21)C3. The highest BCUT2D eigenvalue weighted by Crippen LogP contribution is 2.43. The number of aromatic nitrogens is 2. The number of nitrogens with two attached hydrogens (primary N) is 1. The maximum atomic E-state index is 14.6. The summed E-state index contributed by atoms with van der Waals surface area (Å²) in [5, 5.41) is 0. The molecule has 6 rings (SSSR count). The maximum Gasteiger partial charge on any atom is 0.411 e. The highest BCUT2D eigenvalue weighted by atomic mass is 19.3. The van der Waals surface area contributed by atoms with Crippen molar-refractivity contribution in [1.82, 2.24) is 19.8 Å². The van der Waals surface area contributed by atoms with E-state index >= 15 is 0 Å². The van der Waals surface area contributed by atoms with E-state index in [4.69, 9.17) is 19.9 Å². The molecule has 2 N–H and O–H groups in total. The summed E-state index contributed by atoms with van der Waals surface area (Å²) >= 11 is 0. The Labute approximate surface area is 242 Å². The number of nitrogen functional groups attached to an aromatic ring is 1. The van der Waals surface area contributed by atoms with Gasteiger partial charge in [0.15, 0.2) is 0 Å². The molecule has 0 unspecified atom stereocenters. The number of fused-ring (bicyclic) bond motifs is 6.